The molecular formula is C28H39NO9S. The second-order valence-corrected chi connectivity index (χ2v) is 10.8. The molecule has 2 atom stereocenters. The summed E-state index contributed by atoms with van der Waals surface area (Å²) in [4.78, 5) is 15.5. The van der Waals surface area contributed by atoms with Crippen LogP contribution in [0.2, 0.25) is 0 Å². The van der Waals surface area contributed by atoms with Crippen LogP contribution in [0.5, 0.6) is 28.7 Å². The molecule has 2 aromatic carbocycles. The number of nitrogens with zero attached hydrogens (tertiary/aromatic N) is 1. The Kier molecular flexibility index (Phi) is 9.95. The molecule has 39 heavy (non-hydrogen) atoms. The summed E-state index contributed by atoms with van der Waals surface area (Å²) in [5, 5.41) is -1.14. The van der Waals surface area contributed by atoms with E-state index in [1.165, 1.54) is 14.2 Å². The zero-order valence-corrected chi connectivity index (χ0v) is 24.3. The number of benzene rings is 2. The molecule has 0 aliphatic carbocycles. The van der Waals surface area contributed by atoms with Gasteiger partial charge in [-0.25, -0.2) is 0 Å². The quantitative estimate of drug-likeness (QED) is 0.353. The van der Waals surface area contributed by atoms with E-state index in [0.717, 1.165) is 0 Å². The van der Waals surface area contributed by atoms with E-state index in [4.69, 9.17) is 23.7 Å². The summed E-state index contributed by atoms with van der Waals surface area (Å²) < 4.78 is 63.7. The number of rotatable bonds is 13. The van der Waals surface area contributed by atoms with E-state index in [1.54, 1.807) is 42.2 Å². The molecule has 1 saturated heterocycles. The lowest BCUT2D eigenvalue weighted by atomic mass is 9.75. The van der Waals surface area contributed by atoms with Crippen LogP contribution in [0.3, 0.4) is 0 Å². The normalized spacial score (nSPS) is 18.0. The van der Waals surface area contributed by atoms with Crippen LogP contribution in [0.15, 0.2) is 30.3 Å². The summed E-state index contributed by atoms with van der Waals surface area (Å²) in [6.45, 7) is 8.69. The van der Waals surface area contributed by atoms with Gasteiger partial charge >= 0.3 is 0 Å². The molecule has 2 aromatic rings. The SMILES string of the molecule is CCOc1cc(C(=O)N2CCC(c3ccc(OC)c(OC)c3)(C(CC)S(=O)(=O)O)C2)cc(OCC)c1OCC. The third-order valence-electron chi connectivity index (χ3n) is 7.05. The second-order valence-electron chi connectivity index (χ2n) is 9.22. The predicted molar refractivity (Wildman–Crippen MR) is 147 cm³/mol. The maximum Gasteiger partial charge on any atom is 0.268 e. The van der Waals surface area contributed by atoms with E-state index in [0.29, 0.717) is 66.1 Å². The van der Waals surface area contributed by atoms with Crippen molar-refractivity contribution in [2.24, 2.45) is 0 Å². The molecule has 2 unspecified atom stereocenters. The molecule has 0 bridgehead atoms. The standard InChI is InChI=1S/C28H39NO9S/c1-7-25(39(31,32)33)28(20-11-12-21(34-5)22(17-20)35-6)13-14-29(18-28)27(30)19-15-23(36-8-2)26(38-10-4)24(16-19)37-9-3/h11-12,15-17,25H,7-10,13-14,18H2,1-6H3,(H,31,32,33). The van der Waals surface area contributed by atoms with Gasteiger partial charge in [0.1, 0.15) is 0 Å². The Morgan fingerprint density at radius 1 is 0.923 bits per heavy atom. The van der Waals surface area contributed by atoms with E-state index >= 15 is 0 Å². The van der Waals surface area contributed by atoms with E-state index in [1.807, 2.05) is 20.8 Å². The largest absolute Gasteiger partial charge is 0.493 e. The Labute approximate surface area is 230 Å². The number of carbonyl (C=O) groups is 1. The van der Waals surface area contributed by atoms with Gasteiger partial charge in [0.2, 0.25) is 5.75 Å². The number of methoxy groups -OCH3 is 2. The van der Waals surface area contributed by atoms with E-state index in [9.17, 15) is 17.8 Å². The third-order valence-corrected chi connectivity index (χ3v) is 8.55. The van der Waals surface area contributed by atoms with Gasteiger partial charge in [-0.1, -0.05) is 13.0 Å². The van der Waals surface area contributed by atoms with Gasteiger partial charge in [-0.2, -0.15) is 8.42 Å². The van der Waals surface area contributed by atoms with Crippen molar-refractivity contribution in [1.82, 2.24) is 4.90 Å². The molecule has 1 amide bonds. The maximum atomic E-state index is 13.8. The number of hydrogen-bond acceptors (Lipinski definition) is 8. The van der Waals surface area contributed by atoms with Crippen LogP contribution >= 0.6 is 0 Å². The van der Waals surface area contributed by atoms with Crippen molar-refractivity contribution in [3.05, 3.63) is 41.5 Å². The Hall–Kier alpha value is -3.18. The highest BCUT2D eigenvalue weighted by Gasteiger charge is 2.51. The summed E-state index contributed by atoms with van der Waals surface area (Å²) in [6, 6.07) is 8.43. The van der Waals surface area contributed by atoms with E-state index in [-0.39, 0.29) is 25.4 Å². The zero-order valence-electron chi connectivity index (χ0n) is 23.5. The number of ether oxygens (including phenoxy) is 5. The van der Waals surface area contributed by atoms with Gasteiger partial charge in [-0.3, -0.25) is 9.35 Å². The van der Waals surface area contributed by atoms with E-state index < -0.39 is 20.8 Å². The molecule has 0 saturated carbocycles. The Morgan fingerprint density at radius 2 is 1.51 bits per heavy atom. The number of amides is 1. The smallest absolute Gasteiger partial charge is 0.268 e. The highest BCUT2D eigenvalue weighted by atomic mass is 32.2. The highest BCUT2D eigenvalue weighted by Crippen LogP contribution is 2.45. The lowest BCUT2D eigenvalue weighted by Gasteiger charge is -2.36. The first-order valence-electron chi connectivity index (χ1n) is 13.1. The lowest BCUT2D eigenvalue weighted by molar-refractivity contribution is 0.0781. The molecule has 3 rings (SSSR count). The van der Waals surface area contributed by atoms with Crippen LogP contribution in [-0.2, 0) is 15.5 Å². The fraction of sp³-hybridized carbons (Fsp3) is 0.536. The predicted octanol–water partition coefficient (Wildman–Crippen LogP) is 4.35. The molecule has 216 valence electrons. The summed E-state index contributed by atoms with van der Waals surface area (Å²) in [6.07, 6.45) is 0.474. The molecule has 0 radical (unpaired) electrons. The maximum absolute atomic E-state index is 13.8. The molecule has 1 aliphatic heterocycles. The van der Waals surface area contributed by atoms with Crippen LogP contribution in [-0.4, -0.2) is 76.2 Å². The van der Waals surface area contributed by atoms with Crippen molar-refractivity contribution in [2.75, 3.05) is 47.1 Å². The molecular weight excluding hydrogens is 526 g/mol. The van der Waals surface area contributed by atoms with Crippen molar-refractivity contribution >= 4 is 16.0 Å². The first-order valence-corrected chi connectivity index (χ1v) is 14.6. The van der Waals surface area contributed by atoms with Gasteiger partial charge in [0.15, 0.2) is 23.0 Å². The summed E-state index contributed by atoms with van der Waals surface area (Å²) in [7, 11) is -1.45. The summed E-state index contributed by atoms with van der Waals surface area (Å²) in [5.41, 5.74) is -0.112. The van der Waals surface area contributed by atoms with Crippen molar-refractivity contribution in [3.8, 4) is 28.7 Å². The summed E-state index contributed by atoms with van der Waals surface area (Å²) >= 11 is 0. The average Bonchev–Trinajstić information content (AvgIpc) is 3.35. The summed E-state index contributed by atoms with van der Waals surface area (Å²) in [5.74, 6) is 1.82. The first-order chi connectivity index (χ1) is 18.6. The number of likely N-dealkylation sites (tertiary alicyclic amines) is 1. The van der Waals surface area contributed by atoms with Crippen molar-refractivity contribution in [1.29, 1.82) is 0 Å². The number of hydrogen-bond donors (Lipinski definition) is 1. The Bertz CT molecular complexity index is 1240. The fourth-order valence-electron chi connectivity index (χ4n) is 5.42. The third kappa shape index (κ3) is 6.19. The molecule has 1 heterocycles. The molecule has 1 fully saturated rings. The van der Waals surface area contributed by atoms with Crippen molar-refractivity contribution in [3.63, 3.8) is 0 Å². The molecule has 1 N–H and O–H groups in total. The monoisotopic (exact) mass is 565 g/mol. The zero-order chi connectivity index (χ0) is 28.8. The number of carbonyl (C=O) groups excluding carboxylic acids is 1. The first kappa shape index (κ1) is 30.4. The Balaban J connectivity index is 2.09. The van der Waals surface area contributed by atoms with Gasteiger partial charge in [-0.05, 0) is 63.4 Å². The molecule has 0 aromatic heterocycles. The average molecular weight is 566 g/mol. The van der Waals surface area contributed by atoms with Crippen LogP contribution in [0.25, 0.3) is 0 Å². The minimum atomic E-state index is -4.46. The van der Waals surface area contributed by atoms with Crippen LogP contribution in [0.1, 0.15) is 56.5 Å². The van der Waals surface area contributed by atoms with Crippen molar-refractivity contribution < 1.29 is 41.4 Å². The fourth-order valence-corrected chi connectivity index (χ4v) is 6.74. The second kappa shape index (κ2) is 12.8. The van der Waals surface area contributed by atoms with Crippen LogP contribution in [0, 0.1) is 0 Å². The van der Waals surface area contributed by atoms with Crippen LogP contribution < -0.4 is 23.7 Å². The topological polar surface area (TPSA) is 121 Å². The lowest BCUT2D eigenvalue weighted by Crippen LogP contribution is -2.47. The molecule has 1 aliphatic rings. The van der Waals surface area contributed by atoms with Gasteiger partial charge < -0.3 is 28.6 Å². The van der Waals surface area contributed by atoms with Gasteiger partial charge in [0, 0.05) is 24.1 Å². The van der Waals surface area contributed by atoms with Gasteiger partial charge in [0.25, 0.3) is 16.0 Å². The minimum Gasteiger partial charge on any atom is -0.493 e. The molecule has 0 spiro atoms. The Morgan fingerprint density at radius 3 is 2.00 bits per heavy atom. The molecule has 11 heteroatoms. The van der Waals surface area contributed by atoms with Crippen molar-refractivity contribution in [2.45, 2.75) is 51.2 Å². The van der Waals surface area contributed by atoms with Gasteiger partial charge in [0.05, 0.1) is 39.3 Å². The van der Waals surface area contributed by atoms with Gasteiger partial charge in [-0.15, -0.1) is 0 Å². The van der Waals surface area contributed by atoms with Crippen LogP contribution in [0.4, 0.5) is 0 Å². The highest BCUT2D eigenvalue weighted by molar-refractivity contribution is 7.86. The minimum absolute atomic E-state index is 0.0702. The molecule has 10 nitrogen and oxygen atoms in total. The van der Waals surface area contributed by atoms with E-state index in [2.05, 4.69) is 0 Å².